The molecule has 1 rings (SSSR count). The molecule has 19 heavy (non-hydrogen) atoms. The number of benzene rings is 1. The average molecular weight is 286 g/mol. The molecule has 0 saturated heterocycles. The maximum absolute atomic E-state index is 11.0. The molecule has 2 N–H and O–H groups in total. The minimum absolute atomic E-state index is 0.409. The van der Waals surface area contributed by atoms with Crippen molar-refractivity contribution < 1.29 is 14.3 Å². The van der Waals surface area contributed by atoms with E-state index in [9.17, 15) is 4.79 Å². The summed E-state index contributed by atoms with van der Waals surface area (Å²) < 4.78 is 10.6. The number of hydrogen-bond donors (Lipinski definition) is 1. The Morgan fingerprint density at radius 2 is 2.11 bits per heavy atom. The van der Waals surface area contributed by atoms with E-state index < -0.39 is 18.3 Å². The zero-order valence-electron chi connectivity index (χ0n) is 11.3. The third kappa shape index (κ3) is 4.73. The molecule has 4 nitrogen and oxygen atoms in total. The van der Waals surface area contributed by atoms with Crippen LogP contribution in [0.3, 0.4) is 0 Å². The van der Waals surface area contributed by atoms with Crippen LogP contribution in [0, 0.1) is 0 Å². The van der Waals surface area contributed by atoms with E-state index in [1.165, 1.54) is 0 Å². The van der Waals surface area contributed by atoms with E-state index >= 15 is 0 Å². The number of primary amides is 1. The predicted octanol–water partition coefficient (Wildman–Crippen LogP) is 3.68. The number of carbonyl (C=O) groups is 1. The predicted molar refractivity (Wildman–Crippen MR) is 75.2 cm³/mol. The molecule has 5 heteroatoms. The van der Waals surface area contributed by atoms with Crippen molar-refractivity contribution in [2.75, 3.05) is 7.11 Å². The molecule has 2 unspecified atom stereocenters. The molecule has 0 aliphatic rings. The first-order valence-corrected chi connectivity index (χ1v) is 6.71. The summed E-state index contributed by atoms with van der Waals surface area (Å²) in [6, 6.07) is 7.35. The summed E-state index contributed by atoms with van der Waals surface area (Å²) in [5.41, 5.74) is 5.92. The van der Waals surface area contributed by atoms with Gasteiger partial charge in [-0.2, -0.15) is 0 Å². The molecule has 0 aromatic heterocycles. The number of ether oxygens (including phenoxy) is 2. The van der Waals surface area contributed by atoms with Crippen molar-refractivity contribution in [3.05, 3.63) is 34.9 Å². The highest BCUT2D eigenvalue weighted by Crippen LogP contribution is 2.31. The van der Waals surface area contributed by atoms with Gasteiger partial charge in [0, 0.05) is 17.7 Å². The molecule has 0 heterocycles. The minimum atomic E-state index is -0.796. The Bertz CT molecular complexity index is 411. The van der Waals surface area contributed by atoms with Gasteiger partial charge in [0.25, 0.3) is 0 Å². The van der Waals surface area contributed by atoms with Crippen molar-refractivity contribution in [2.45, 2.75) is 38.4 Å². The summed E-state index contributed by atoms with van der Waals surface area (Å²) in [6.07, 6.45) is 0.966. The topological polar surface area (TPSA) is 61.5 Å². The van der Waals surface area contributed by atoms with E-state index in [0.29, 0.717) is 11.4 Å². The number of halogens is 1. The number of amides is 1. The van der Waals surface area contributed by atoms with Gasteiger partial charge >= 0.3 is 6.09 Å². The van der Waals surface area contributed by atoms with Crippen molar-refractivity contribution in [3.63, 3.8) is 0 Å². The van der Waals surface area contributed by atoms with Crippen molar-refractivity contribution in [1.82, 2.24) is 0 Å². The number of carbonyl (C=O) groups excluding carboxylic acids is 1. The molecule has 0 aliphatic heterocycles. The largest absolute Gasteiger partial charge is 0.443 e. The summed E-state index contributed by atoms with van der Waals surface area (Å²) in [6.45, 7) is 2.07. The Balaban J connectivity index is 2.94. The van der Waals surface area contributed by atoms with Crippen LogP contribution in [-0.2, 0) is 9.47 Å². The fraction of sp³-hybridized carbons (Fsp3) is 0.500. The van der Waals surface area contributed by atoms with Crippen LogP contribution in [0.15, 0.2) is 24.3 Å². The monoisotopic (exact) mass is 285 g/mol. The zero-order valence-corrected chi connectivity index (χ0v) is 12.0. The highest BCUT2D eigenvalue weighted by molar-refractivity contribution is 6.31. The third-order valence-corrected chi connectivity index (χ3v) is 3.26. The Morgan fingerprint density at radius 1 is 1.42 bits per heavy atom. The van der Waals surface area contributed by atoms with Crippen LogP contribution in [0.1, 0.15) is 37.9 Å². The molecular weight excluding hydrogens is 266 g/mol. The minimum Gasteiger partial charge on any atom is -0.443 e. The van der Waals surface area contributed by atoms with Crippen molar-refractivity contribution in [1.29, 1.82) is 0 Å². The summed E-state index contributed by atoms with van der Waals surface area (Å²) in [4.78, 5) is 11.0. The van der Waals surface area contributed by atoms with Gasteiger partial charge in [0.1, 0.15) is 12.2 Å². The lowest BCUT2D eigenvalue weighted by molar-refractivity contribution is -0.0256. The Hall–Kier alpha value is -1.26. The smallest absolute Gasteiger partial charge is 0.404 e. The Labute approximate surface area is 118 Å². The van der Waals surface area contributed by atoms with Gasteiger partial charge in [-0.15, -0.1) is 0 Å². The van der Waals surface area contributed by atoms with E-state index in [1.54, 1.807) is 13.2 Å². The van der Waals surface area contributed by atoms with Crippen LogP contribution in [0.25, 0.3) is 0 Å². The summed E-state index contributed by atoms with van der Waals surface area (Å²) in [5, 5.41) is 0.587. The Morgan fingerprint density at radius 3 is 2.63 bits per heavy atom. The Kier molecular flexibility index (Phi) is 6.67. The maximum atomic E-state index is 11.0. The van der Waals surface area contributed by atoms with Crippen molar-refractivity contribution in [2.24, 2.45) is 5.73 Å². The highest BCUT2D eigenvalue weighted by Gasteiger charge is 2.27. The van der Waals surface area contributed by atoms with E-state index in [1.807, 2.05) is 18.2 Å². The van der Waals surface area contributed by atoms with Gasteiger partial charge in [0.15, 0.2) is 0 Å². The molecule has 0 spiro atoms. The lowest BCUT2D eigenvalue weighted by Gasteiger charge is -2.26. The summed E-state index contributed by atoms with van der Waals surface area (Å²) >= 11 is 6.16. The van der Waals surface area contributed by atoms with Crippen molar-refractivity contribution >= 4 is 17.7 Å². The van der Waals surface area contributed by atoms with E-state index in [0.717, 1.165) is 18.4 Å². The van der Waals surface area contributed by atoms with E-state index in [4.69, 9.17) is 26.8 Å². The quantitative estimate of drug-likeness (QED) is 0.831. The summed E-state index contributed by atoms with van der Waals surface area (Å²) in [7, 11) is 1.57. The van der Waals surface area contributed by atoms with Gasteiger partial charge in [-0.3, -0.25) is 0 Å². The maximum Gasteiger partial charge on any atom is 0.404 e. The molecule has 1 aromatic rings. The molecule has 106 valence electrons. The molecule has 2 atom stereocenters. The molecule has 0 fully saturated rings. The van der Waals surface area contributed by atoms with Crippen LogP contribution in [0.5, 0.6) is 0 Å². The third-order valence-electron chi connectivity index (χ3n) is 2.91. The normalized spacial score (nSPS) is 13.8. The van der Waals surface area contributed by atoms with Crippen molar-refractivity contribution in [3.8, 4) is 0 Å². The van der Waals surface area contributed by atoms with Crippen LogP contribution in [0.4, 0.5) is 4.79 Å². The van der Waals surface area contributed by atoms with Gasteiger partial charge in [0.05, 0.1) is 0 Å². The zero-order chi connectivity index (χ0) is 14.3. The lowest BCUT2D eigenvalue weighted by atomic mass is 10.00. The van der Waals surface area contributed by atoms with Crippen LogP contribution in [-0.4, -0.2) is 19.3 Å². The first-order valence-electron chi connectivity index (χ1n) is 6.33. The molecular formula is C14H20ClNO3. The highest BCUT2D eigenvalue weighted by atomic mass is 35.5. The van der Waals surface area contributed by atoms with Gasteiger partial charge in [-0.05, 0) is 18.9 Å². The van der Waals surface area contributed by atoms with Crippen LogP contribution in [0.2, 0.25) is 5.02 Å². The first-order chi connectivity index (χ1) is 9.10. The molecule has 0 saturated carbocycles. The second-order valence-electron chi connectivity index (χ2n) is 4.30. The van der Waals surface area contributed by atoms with Gasteiger partial charge in [0.2, 0.25) is 0 Å². The number of nitrogens with two attached hydrogens (primary N) is 1. The number of hydrogen-bond acceptors (Lipinski definition) is 3. The second kappa shape index (κ2) is 8.02. The average Bonchev–Trinajstić information content (AvgIpc) is 2.38. The second-order valence-corrected chi connectivity index (χ2v) is 4.70. The van der Waals surface area contributed by atoms with E-state index in [-0.39, 0.29) is 0 Å². The van der Waals surface area contributed by atoms with Gasteiger partial charge in [-0.1, -0.05) is 43.1 Å². The number of unbranched alkanes of at least 4 members (excludes halogenated alkanes) is 1. The lowest BCUT2D eigenvalue weighted by Crippen LogP contribution is -2.29. The standard InChI is InChI=1S/C14H20ClNO3/c1-3-4-9-12(19-14(16)17)13(18-2)10-7-5-6-8-11(10)15/h5-8,12-13H,3-4,9H2,1-2H3,(H2,16,17). The fourth-order valence-electron chi connectivity index (χ4n) is 2.01. The van der Waals surface area contributed by atoms with Gasteiger partial charge < -0.3 is 15.2 Å². The van der Waals surface area contributed by atoms with Crippen LogP contribution < -0.4 is 5.73 Å². The number of methoxy groups -OCH3 is 1. The summed E-state index contributed by atoms with van der Waals surface area (Å²) in [5.74, 6) is 0. The fourth-order valence-corrected chi connectivity index (χ4v) is 2.25. The van der Waals surface area contributed by atoms with E-state index in [2.05, 4.69) is 6.92 Å². The molecule has 1 aromatic carbocycles. The number of rotatable bonds is 7. The first kappa shape index (κ1) is 15.8. The molecule has 0 bridgehead atoms. The molecule has 1 amide bonds. The van der Waals surface area contributed by atoms with Gasteiger partial charge in [-0.25, -0.2) is 4.79 Å². The molecule has 0 radical (unpaired) electrons. The molecule has 0 aliphatic carbocycles. The van der Waals surface area contributed by atoms with Crippen LogP contribution >= 0.6 is 11.6 Å². The SMILES string of the molecule is CCCCC(OC(N)=O)C(OC)c1ccccc1Cl.